The molecule has 0 amide bonds. The van der Waals surface area contributed by atoms with E-state index < -0.39 is 70.7 Å². The lowest BCUT2D eigenvalue weighted by Gasteiger charge is -2.22. The number of oxazole rings is 1. The number of benzene rings is 2. The lowest BCUT2D eigenvalue weighted by Crippen LogP contribution is -2.42. The molecule has 24 nitrogen and oxygen atoms in total. The van der Waals surface area contributed by atoms with Crippen molar-refractivity contribution in [3.8, 4) is 11.4 Å². The van der Waals surface area contributed by atoms with E-state index in [0.717, 1.165) is 5.76 Å². The van der Waals surface area contributed by atoms with Gasteiger partial charge in [-0.15, -0.1) is 0 Å². The zero-order valence-corrected chi connectivity index (χ0v) is 62.7. The SMILES string of the molecule is CC(C)(C)c1cc(-c2coc(C(C)(C)S(=O)(=O)c3ccc(Cl)cc3)n2)no1.CC(C)(C)c1cc(C(=O)CBr)no1.CC(C)(C)c1cc(C(=O)COC(=O)C(C)(C)S(=O)(=O)c2ccc(Cl)cc2)no1.CCOC(=O)C(=O)CC(=O)C(C)(C)C.CCOC(=O)c1cc(C(C)(C)C)on1. The Morgan fingerprint density at radius 3 is 1.29 bits per heavy atom. The number of ketones is 4. The molecule has 0 aliphatic heterocycles. The van der Waals surface area contributed by atoms with Gasteiger partial charge in [0.1, 0.15) is 51.2 Å². The number of carbonyl (C=O) groups is 7. The molecule has 0 spiro atoms. The molecule has 0 saturated heterocycles. The van der Waals surface area contributed by atoms with E-state index in [0.29, 0.717) is 51.0 Å². The first-order valence-electron chi connectivity index (χ1n) is 29.9. The standard InChI is InChI=1S/C19H21ClN2O4S.C19H22ClNO6S.C10H15NO3.C10H16O4.C9H12BrNO2/c1-18(2,3)16-10-14(22-26-16)15-11-25-17(21-15)19(4,5)27(23,24)13-8-6-12(20)7-9-13;1-18(2,3)16-10-14(21-27-16)15(22)11-26-17(23)19(4,5)28(24,25)13-8-6-12(20)7-9-13;1-5-13-9(12)7-6-8(14-11-7)10(2,3)4;1-5-14-9(13)7(11)6-8(12)10(2,3)4;1-9(2,3)8-4-6(11-13-8)7(12)5-10/h6-11H,1-5H3;6-10H,11H2,1-5H3;6H,5H2,1-4H3;5-6H2,1-4H3;4H,5H2,1-3H3. The van der Waals surface area contributed by atoms with Crippen LogP contribution in [0, 0.1) is 5.41 Å². The summed E-state index contributed by atoms with van der Waals surface area (Å²) in [4.78, 5) is 84.8. The van der Waals surface area contributed by atoms with Crippen molar-refractivity contribution in [2.45, 2.75) is 193 Å². The Labute approximate surface area is 578 Å². The number of aromatic nitrogens is 5. The molecule has 2 aromatic carbocycles. The van der Waals surface area contributed by atoms with E-state index in [4.69, 9.17) is 55.2 Å². The largest absolute Gasteiger partial charge is 0.461 e. The molecular weight excluding hydrogens is 1390 g/mol. The summed E-state index contributed by atoms with van der Waals surface area (Å²) >= 11 is 14.7. The first kappa shape index (κ1) is 82.8. The highest BCUT2D eigenvalue weighted by molar-refractivity contribution is 9.09. The molecule has 0 bridgehead atoms. The maximum Gasteiger partial charge on any atom is 0.375 e. The summed E-state index contributed by atoms with van der Waals surface area (Å²) in [5.41, 5.74) is 0.178. The van der Waals surface area contributed by atoms with Gasteiger partial charge in [-0.3, -0.25) is 24.0 Å². The van der Waals surface area contributed by atoms with E-state index in [-0.39, 0.29) is 78.7 Å². The molecule has 0 aliphatic rings. The molecule has 0 fully saturated rings. The van der Waals surface area contributed by atoms with E-state index in [1.54, 1.807) is 66.7 Å². The van der Waals surface area contributed by atoms with Gasteiger partial charge in [0, 0.05) is 61.4 Å². The number of hydrogen-bond donors (Lipinski definition) is 0. The van der Waals surface area contributed by atoms with E-state index in [1.807, 2.05) is 83.1 Å². The monoisotopic (exact) mass is 1480 g/mol. The van der Waals surface area contributed by atoms with Crippen molar-refractivity contribution in [3.63, 3.8) is 0 Å². The number of esters is 3. The van der Waals surface area contributed by atoms with E-state index in [9.17, 15) is 50.4 Å². The van der Waals surface area contributed by atoms with E-state index in [1.165, 1.54) is 74.7 Å². The van der Waals surface area contributed by atoms with Gasteiger partial charge in [0.05, 0.1) is 34.8 Å². The minimum absolute atomic E-state index is 0.0103. The van der Waals surface area contributed by atoms with Gasteiger partial charge in [-0.2, -0.15) is 0 Å². The summed E-state index contributed by atoms with van der Waals surface area (Å²) in [5.74, 6) is -1.38. The zero-order valence-electron chi connectivity index (χ0n) is 58.0. The molecular formula is C67H86BrCl2N5O19S2. The maximum absolute atomic E-state index is 13.1. The normalized spacial score (nSPS) is 12.2. The molecule has 7 aromatic rings. The maximum atomic E-state index is 13.1. The van der Waals surface area contributed by atoms with Crippen LogP contribution in [0.25, 0.3) is 11.4 Å². The predicted octanol–water partition coefficient (Wildman–Crippen LogP) is 14.4. The van der Waals surface area contributed by atoms with Crippen molar-refractivity contribution in [1.29, 1.82) is 0 Å². The van der Waals surface area contributed by atoms with Crippen molar-refractivity contribution in [2.75, 3.05) is 25.2 Å². The van der Waals surface area contributed by atoms with E-state index >= 15 is 0 Å². The van der Waals surface area contributed by atoms with Crippen LogP contribution in [0.4, 0.5) is 0 Å². The highest BCUT2D eigenvalue weighted by Gasteiger charge is 2.45. The third kappa shape index (κ3) is 22.8. The summed E-state index contributed by atoms with van der Waals surface area (Å²) in [7, 11) is -7.81. The summed E-state index contributed by atoms with van der Waals surface area (Å²) < 4.78 is 88.8. The van der Waals surface area contributed by atoms with Gasteiger partial charge in [0.2, 0.25) is 17.5 Å². The number of Topliss-reactive ketones (excluding diaryl/α,β-unsaturated/α-hetero) is 4. The number of carbonyl (C=O) groups excluding carboxylic acids is 7. The van der Waals surface area contributed by atoms with Gasteiger partial charge in [0.15, 0.2) is 53.9 Å². The first-order valence-corrected chi connectivity index (χ1v) is 34.8. The molecule has 0 radical (unpaired) electrons. The molecule has 0 saturated carbocycles. The van der Waals surface area contributed by atoms with Crippen LogP contribution in [0.5, 0.6) is 0 Å². The van der Waals surface area contributed by atoms with Crippen LogP contribution in [-0.4, -0.2) is 113 Å². The van der Waals surface area contributed by atoms with Crippen LogP contribution in [0.1, 0.15) is 212 Å². The number of nitrogens with zero attached hydrogens (tertiary/aromatic N) is 5. The molecule has 29 heteroatoms. The van der Waals surface area contributed by atoms with E-state index in [2.05, 4.69) is 46.3 Å². The molecule has 5 heterocycles. The summed E-state index contributed by atoms with van der Waals surface area (Å²) in [6.07, 6.45) is 1.01. The van der Waals surface area contributed by atoms with Gasteiger partial charge in [-0.05, 0) is 90.1 Å². The molecule has 0 N–H and O–H groups in total. The number of rotatable bonds is 18. The van der Waals surface area contributed by atoms with Crippen LogP contribution >= 0.6 is 39.1 Å². The minimum Gasteiger partial charge on any atom is -0.461 e. The molecule has 96 heavy (non-hydrogen) atoms. The average Bonchev–Trinajstić information content (AvgIpc) is 1.09. The third-order valence-corrected chi connectivity index (χ3v) is 19.4. The number of ether oxygens (including phenoxy) is 3. The number of hydrogen-bond acceptors (Lipinski definition) is 24. The van der Waals surface area contributed by atoms with Crippen molar-refractivity contribution in [2.24, 2.45) is 5.41 Å². The quantitative estimate of drug-likeness (QED) is 0.0192. The van der Waals surface area contributed by atoms with Gasteiger partial charge >= 0.3 is 17.9 Å². The molecule has 0 unspecified atom stereocenters. The highest BCUT2D eigenvalue weighted by Crippen LogP contribution is 2.37. The second kappa shape index (κ2) is 33.2. The van der Waals surface area contributed by atoms with Crippen LogP contribution in [0.15, 0.2) is 111 Å². The fourth-order valence-electron chi connectivity index (χ4n) is 7.05. The Balaban J connectivity index is 0.000000327. The second-order valence-electron chi connectivity index (χ2n) is 27.5. The summed E-state index contributed by atoms with van der Waals surface area (Å²) in [6.45, 7) is 37.6. The molecule has 7 rings (SSSR count). The highest BCUT2D eigenvalue weighted by atomic mass is 79.9. The van der Waals surface area contributed by atoms with Gasteiger partial charge < -0.3 is 36.7 Å². The van der Waals surface area contributed by atoms with Crippen LogP contribution < -0.4 is 0 Å². The second-order valence-corrected chi connectivity index (χ2v) is 34.0. The van der Waals surface area contributed by atoms with Gasteiger partial charge in [-0.1, -0.05) is 164 Å². The summed E-state index contributed by atoms with van der Waals surface area (Å²) in [5, 5.41) is 16.2. The predicted molar refractivity (Wildman–Crippen MR) is 361 cm³/mol. The number of halogens is 3. The third-order valence-electron chi connectivity index (χ3n) is 13.5. The van der Waals surface area contributed by atoms with Crippen molar-refractivity contribution < 1.29 is 87.1 Å². The molecule has 526 valence electrons. The van der Waals surface area contributed by atoms with Crippen molar-refractivity contribution in [3.05, 3.63) is 135 Å². The number of alkyl halides is 1. The topological polar surface area (TPSA) is 346 Å². The van der Waals surface area contributed by atoms with Crippen LogP contribution in [0.2, 0.25) is 10.0 Å². The van der Waals surface area contributed by atoms with Crippen LogP contribution in [0.3, 0.4) is 0 Å². The Kier molecular flexibility index (Phi) is 28.6. The molecule has 0 aliphatic carbocycles. The van der Waals surface area contributed by atoms with Gasteiger partial charge in [-0.25, -0.2) is 31.4 Å². The summed E-state index contributed by atoms with van der Waals surface area (Å²) in [6, 6.07) is 18.0. The smallest absolute Gasteiger partial charge is 0.375 e. The average molecular weight is 1480 g/mol. The fourth-order valence-corrected chi connectivity index (χ4v) is 10.4. The lowest BCUT2D eigenvalue weighted by molar-refractivity contribution is -0.154. The first-order chi connectivity index (χ1) is 43.9. The fraction of sp³-hybridized carbons (Fsp3) is 0.493. The minimum atomic E-state index is -4.06. The Morgan fingerprint density at radius 2 is 0.896 bits per heavy atom. The van der Waals surface area contributed by atoms with Crippen LogP contribution in [-0.2, 0) is 79.5 Å². The van der Waals surface area contributed by atoms with Crippen molar-refractivity contribution in [1.82, 2.24) is 25.6 Å². The zero-order chi connectivity index (χ0) is 73.5. The molecule has 0 atom stereocenters. The Hall–Kier alpha value is -7.46. The Bertz CT molecular complexity index is 4050. The van der Waals surface area contributed by atoms with Gasteiger partial charge in [0.25, 0.3) is 0 Å². The number of sulfone groups is 2. The lowest BCUT2D eigenvalue weighted by atomic mass is 9.88. The molecule has 5 aromatic heterocycles. The van der Waals surface area contributed by atoms with Crippen molar-refractivity contribution >= 4 is 99.8 Å². The Morgan fingerprint density at radius 1 is 0.500 bits per heavy atom.